The molecule has 160 valence electrons. The third-order valence-electron chi connectivity index (χ3n) is 6.04. The van der Waals surface area contributed by atoms with Crippen LogP contribution >= 0.6 is 0 Å². The zero-order valence-corrected chi connectivity index (χ0v) is 18.0. The minimum absolute atomic E-state index is 0.107. The summed E-state index contributed by atoms with van der Waals surface area (Å²) in [6, 6.07) is 19.0. The lowest BCUT2D eigenvalue weighted by molar-refractivity contribution is 0.0730. The topological polar surface area (TPSA) is 82.1 Å². The molecule has 1 amide bonds. The molecule has 0 saturated heterocycles. The molecule has 0 radical (unpaired) electrons. The first-order chi connectivity index (χ1) is 15.5. The van der Waals surface area contributed by atoms with E-state index in [4.69, 9.17) is 0 Å². The number of nitrogens with one attached hydrogen (secondary N) is 1. The lowest BCUT2D eigenvalue weighted by atomic mass is 9.93. The summed E-state index contributed by atoms with van der Waals surface area (Å²) in [6.07, 6.45) is 3.47. The summed E-state index contributed by atoms with van der Waals surface area (Å²) in [4.78, 5) is 19.4. The Labute approximate surface area is 186 Å². The van der Waals surface area contributed by atoms with E-state index in [0.29, 0.717) is 29.4 Å². The normalized spacial score (nSPS) is 15.4. The Morgan fingerprint density at radius 1 is 1.03 bits per heavy atom. The number of phenols is 1. The Bertz CT molecular complexity index is 1260. The van der Waals surface area contributed by atoms with E-state index in [1.165, 1.54) is 5.56 Å². The van der Waals surface area contributed by atoms with Crippen molar-refractivity contribution in [3.63, 3.8) is 0 Å². The molecule has 2 N–H and O–H groups in total. The van der Waals surface area contributed by atoms with Crippen LogP contribution in [0.15, 0.2) is 73.1 Å². The second-order valence-corrected chi connectivity index (χ2v) is 8.39. The maximum atomic E-state index is 13.5. The van der Waals surface area contributed by atoms with Crippen LogP contribution in [0.25, 0.3) is 11.3 Å². The van der Waals surface area contributed by atoms with Crippen LogP contribution in [0.2, 0.25) is 0 Å². The van der Waals surface area contributed by atoms with Crippen molar-refractivity contribution in [1.29, 1.82) is 0 Å². The van der Waals surface area contributed by atoms with Gasteiger partial charge in [0.25, 0.3) is 5.91 Å². The number of aromatic hydroxyl groups is 1. The number of rotatable bonds is 5. The molecule has 6 nitrogen and oxygen atoms in total. The quantitative estimate of drug-likeness (QED) is 0.470. The van der Waals surface area contributed by atoms with Crippen molar-refractivity contribution in [1.82, 2.24) is 20.1 Å². The van der Waals surface area contributed by atoms with E-state index < -0.39 is 0 Å². The smallest absolute Gasteiger partial charge is 0.273 e. The van der Waals surface area contributed by atoms with Crippen LogP contribution in [0, 0.1) is 0 Å². The van der Waals surface area contributed by atoms with Gasteiger partial charge in [0.05, 0.1) is 6.04 Å². The highest BCUT2D eigenvalue weighted by molar-refractivity contribution is 6.00. The molecule has 0 saturated carbocycles. The predicted molar refractivity (Wildman–Crippen MR) is 122 cm³/mol. The molecule has 1 aliphatic rings. The maximum absolute atomic E-state index is 13.5. The highest BCUT2D eigenvalue weighted by atomic mass is 16.3. The maximum Gasteiger partial charge on any atom is 0.273 e. The summed E-state index contributed by atoms with van der Waals surface area (Å²) in [5.41, 5.74) is 5.71. The van der Waals surface area contributed by atoms with Crippen molar-refractivity contribution in [3.8, 4) is 17.0 Å². The first-order valence-electron chi connectivity index (χ1n) is 10.7. The lowest BCUT2D eigenvalue weighted by Gasteiger charge is -2.27. The fourth-order valence-corrected chi connectivity index (χ4v) is 4.33. The van der Waals surface area contributed by atoms with E-state index in [2.05, 4.69) is 53.3 Å². The predicted octanol–water partition coefficient (Wildman–Crippen LogP) is 5.05. The Balaban J connectivity index is 1.65. The van der Waals surface area contributed by atoms with Gasteiger partial charge >= 0.3 is 0 Å². The summed E-state index contributed by atoms with van der Waals surface area (Å²) >= 11 is 0. The molecular weight excluding hydrogens is 400 g/mol. The van der Waals surface area contributed by atoms with Crippen LogP contribution in [0.5, 0.6) is 5.75 Å². The Morgan fingerprint density at radius 3 is 2.44 bits per heavy atom. The minimum atomic E-state index is -0.319. The van der Waals surface area contributed by atoms with Crippen molar-refractivity contribution >= 4 is 5.91 Å². The van der Waals surface area contributed by atoms with Crippen LogP contribution in [0.1, 0.15) is 58.5 Å². The average Bonchev–Trinajstić information content (AvgIpc) is 3.34. The van der Waals surface area contributed by atoms with Crippen LogP contribution in [0.4, 0.5) is 0 Å². The number of carbonyl (C=O) groups excluding carboxylic acids is 1. The highest BCUT2D eigenvalue weighted by Gasteiger charge is 2.42. The van der Waals surface area contributed by atoms with E-state index in [9.17, 15) is 9.90 Å². The number of amides is 1. The molecule has 0 aliphatic carbocycles. The molecule has 4 aromatic rings. The van der Waals surface area contributed by atoms with Crippen molar-refractivity contribution in [3.05, 3.63) is 101 Å². The van der Waals surface area contributed by atoms with E-state index in [1.54, 1.807) is 24.5 Å². The Morgan fingerprint density at radius 2 is 1.75 bits per heavy atom. The molecule has 0 spiro atoms. The van der Waals surface area contributed by atoms with Gasteiger partial charge < -0.3 is 10.0 Å². The summed E-state index contributed by atoms with van der Waals surface area (Å²) in [7, 11) is 0. The number of para-hydroxylation sites is 1. The number of hydrogen-bond donors (Lipinski definition) is 2. The van der Waals surface area contributed by atoms with Crippen molar-refractivity contribution in [2.45, 2.75) is 32.4 Å². The van der Waals surface area contributed by atoms with Gasteiger partial charge in [-0.1, -0.05) is 50.2 Å². The van der Waals surface area contributed by atoms with Crippen LogP contribution in [-0.2, 0) is 6.54 Å². The third-order valence-corrected chi connectivity index (χ3v) is 6.04. The minimum Gasteiger partial charge on any atom is -0.507 e. The molecule has 6 heteroatoms. The van der Waals surface area contributed by atoms with Gasteiger partial charge in [-0.3, -0.25) is 14.9 Å². The number of benzene rings is 2. The average molecular weight is 425 g/mol. The summed E-state index contributed by atoms with van der Waals surface area (Å²) in [6.45, 7) is 4.77. The van der Waals surface area contributed by atoms with Gasteiger partial charge in [-0.25, -0.2) is 0 Å². The number of aromatic amines is 1. The zero-order valence-electron chi connectivity index (χ0n) is 18.0. The van der Waals surface area contributed by atoms with Gasteiger partial charge in [0, 0.05) is 30.1 Å². The number of H-pyrrole nitrogens is 1. The number of fused-ring (bicyclic) bond motifs is 1. The molecule has 32 heavy (non-hydrogen) atoms. The summed E-state index contributed by atoms with van der Waals surface area (Å²) in [5.74, 6) is 0.447. The molecule has 0 bridgehead atoms. The van der Waals surface area contributed by atoms with E-state index in [0.717, 1.165) is 16.7 Å². The number of hydrogen-bond acceptors (Lipinski definition) is 4. The molecule has 3 heterocycles. The van der Waals surface area contributed by atoms with Gasteiger partial charge in [0.2, 0.25) is 0 Å². The lowest BCUT2D eigenvalue weighted by Crippen LogP contribution is -2.29. The van der Waals surface area contributed by atoms with Gasteiger partial charge in [-0.15, -0.1) is 0 Å². The second kappa shape index (κ2) is 7.96. The third kappa shape index (κ3) is 3.34. The molecular formula is C26H24N4O2. The van der Waals surface area contributed by atoms with Gasteiger partial charge in [0.1, 0.15) is 17.1 Å². The number of phenolic OH excluding ortho intramolecular Hbond substituents is 1. The second-order valence-electron chi connectivity index (χ2n) is 8.39. The fourth-order valence-electron chi connectivity index (χ4n) is 4.33. The highest BCUT2D eigenvalue weighted by Crippen LogP contribution is 2.45. The van der Waals surface area contributed by atoms with E-state index in [-0.39, 0.29) is 17.7 Å². The molecule has 0 fully saturated rings. The van der Waals surface area contributed by atoms with Gasteiger partial charge in [0.15, 0.2) is 0 Å². The van der Waals surface area contributed by atoms with Crippen molar-refractivity contribution < 1.29 is 9.90 Å². The molecule has 2 aromatic heterocycles. The standard InChI is InChI=1S/C26H24N4O2/c1-16(2)18-7-9-19(10-8-18)25-22-23(20-5-3-4-6-21(20)31)28-29-24(22)26(32)30(25)15-17-11-13-27-14-12-17/h3-14,16,25,31H,15H2,1-2H3,(H,28,29). The van der Waals surface area contributed by atoms with Crippen LogP contribution < -0.4 is 0 Å². The summed E-state index contributed by atoms with van der Waals surface area (Å²) in [5, 5.41) is 17.9. The van der Waals surface area contributed by atoms with Gasteiger partial charge in [-0.05, 0) is 46.9 Å². The van der Waals surface area contributed by atoms with Gasteiger partial charge in [-0.2, -0.15) is 5.10 Å². The number of pyridine rings is 1. The molecule has 1 unspecified atom stereocenters. The van der Waals surface area contributed by atoms with Crippen molar-refractivity contribution in [2.24, 2.45) is 0 Å². The molecule has 1 aliphatic heterocycles. The summed E-state index contributed by atoms with van der Waals surface area (Å²) < 4.78 is 0. The van der Waals surface area contributed by atoms with Crippen molar-refractivity contribution in [2.75, 3.05) is 0 Å². The van der Waals surface area contributed by atoms with E-state index in [1.807, 2.05) is 29.2 Å². The Hall–Kier alpha value is -3.93. The Kier molecular flexibility index (Phi) is 4.98. The SMILES string of the molecule is CC(C)c1ccc(C2c3c(-c4ccccc4O)n[nH]c3C(=O)N2Cc2ccncc2)cc1. The number of nitrogens with zero attached hydrogens (tertiary/aromatic N) is 3. The van der Waals surface area contributed by atoms with Crippen LogP contribution in [-0.4, -0.2) is 31.1 Å². The molecule has 1 atom stereocenters. The first kappa shape index (κ1) is 20.0. The van der Waals surface area contributed by atoms with E-state index >= 15 is 0 Å². The number of carbonyl (C=O) groups is 1. The zero-order chi connectivity index (χ0) is 22.2. The number of aromatic nitrogens is 3. The molecule has 5 rings (SSSR count). The molecule has 2 aromatic carbocycles. The van der Waals surface area contributed by atoms with Crippen LogP contribution in [0.3, 0.4) is 0 Å². The largest absolute Gasteiger partial charge is 0.507 e. The monoisotopic (exact) mass is 424 g/mol. The fraction of sp³-hybridized carbons (Fsp3) is 0.192. The first-order valence-corrected chi connectivity index (χ1v) is 10.7.